The van der Waals surface area contributed by atoms with Crippen molar-refractivity contribution in [1.82, 2.24) is 9.80 Å². The van der Waals surface area contributed by atoms with Crippen molar-refractivity contribution in [3.8, 4) is 0 Å². The molecule has 0 atom stereocenters. The third kappa shape index (κ3) is 2.73. The lowest BCUT2D eigenvalue weighted by Gasteiger charge is -2.48. The zero-order valence-electron chi connectivity index (χ0n) is 11.2. The van der Waals surface area contributed by atoms with Gasteiger partial charge < -0.3 is 9.80 Å². The van der Waals surface area contributed by atoms with Gasteiger partial charge in [0.25, 0.3) is 0 Å². The van der Waals surface area contributed by atoms with Crippen molar-refractivity contribution >= 4 is 0 Å². The molecule has 2 fully saturated rings. The van der Waals surface area contributed by atoms with E-state index < -0.39 is 0 Å². The molecule has 1 spiro atoms. The Balaban J connectivity index is 0.000000531. The first kappa shape index (κ1) is 13.0. The molecular formula is C13H28N2. The number of hydrogen-bond acceptors (Lipinski definition) is 2. The summed E-state index contributed by atoms with van der Waals surface area (Å²) in [6.07, 6.45) is 1.43. The molecular weight excluding hydrogens is 184 g/mol. The largest absolute Gasteiger partial charge is 0.302 e. The Morgan fingerprint density at radius 2 is 1.73 bits per heavy atom. The Hall–Kier alpha value is -0.0800. The SMILES string of the molecule is CC.CCN1CC2(CCN(C(C)C)C2)C1. The molecule has 15 heavy (non-hydrogen) atoms. The molecule has 0 aromatic heterocycles. The molecule has 2 aliphatic heterocycles. The molecule has 0 radical (unpaired) electrons. The molecule has 2 aliphatic rings. The van der Waals surface area contributed by atoms with Crippen molar-refractivity contribution in [2.24, 2.45) is 5.41 Å². The lowest BCUT2D eigenvalue weighted by atomic mass is 9.79. The first-order valence-corrected chi connectivity index (χ1v) is 6.62. The lowest BCUT2D eigenvalue weighted by molar-refractivity contribution is 0.0107. The smallest absolute Gasteiger partial charge is 0.00970 e. The molecule has 2 nitrogen and oxygen atoms in total. The summed E-state index contributed by atoms with van der Waals surface area (Å²) in [6, 6.07) is 0.745. The van der Waals surface area contributed by atoms with Crippen LogP contribution in [0.2, 0.25) is 0 Å². The van der Waals surface area contributed by atoms with Gasteiger partial charge in [0.15, 0.2) is 0 Å². The van der Waals surface area contributed by atoms with Crippen LogP contribution >= 0.6 is 0 Å². The summed E-state index contributed by atoms with van der Waals surface area (Å²) in [6.45, 7) is 17.5. The second-order valence-electron chi connectivity index (χ2n) is 5.12. The van der Waals surface area contributed by atoms with Gasteiger partial charge in [0.2, 0.25) is 0 Å². The highest BCUT2D eigenvalue weighted by Gasteiger charge is 2.46. The zero-order chi connectivity index (χ0) is 11.5. The van der Waals surface area contributed by atoms with Gasteiger partial charge in [-0.25, -0.2) is 0 Å². The molecule has 0 saturated carbocycles. The van der Waals surface area contributed by atoms with E-state index in [9.17, 15) is 0 Å². The molecule has 2 saturated heterocycles. The van der Waals surface area contributed by atoms with Crippen LogP contribution in [0.5, 0.6) is 0 Å². The van der Waals surface area contributed by atoms with Gasteiger partial charge in [0.1, 0.15) is 0 Å². The molecule has 2 heterocycles. The van der Waals surface area contributed by atoms with Crippen LogP contribution in [0, 0.1) is 5.41 Å². The minimum absolute atomic E-state index is 0.695. The summed E-state index contributed by atoms with van der Waals surface area (Å²) in [4.78, 5) is 5.19. The molecule has 0 aliphatic carbocycles. The van der Waals surface area contributed by atoms with Gasteiger partial charge in [-0.05, 0) is 33.4 Å². The van der Waals surface area contributed by atoms with Crippen molar-refractivity contribution in [3.05, 3.63) is 0 Å². The Morgan fingerprint density at radius 3 is 2.13 bits per heavy atom. The zero-order valence-corrected chi connectivity index (χ0v) is 11.2. The summed E-state index contributed by atoms with van der Waals surface area (Å²) in [5, 5.41) is 0. The van der Waals surface area contributed by atoms with Crippen molar-refractivity contribution in [2.45, 2.75) is 47.1 Å². The van der Waals surface area contributed by atoms with Crippen LogP contribution in [0.1, 0.15) is 41.0 Å². The predicted molar refractivity (Wildman–Crippen MR) is 67.2 cm³/mol. The van der Waals surface area contributed by atoms with Gasteiger partial charge in [-0.1, -0.05) is 20.8 Å². The standard InChI is InChI=1S/C11H22N2.C2H6/c1-4-12-7-11(8-12)5-6-13(9-11)10(2)3;1-2/h10H,4-9H2,1-3H3;1-2H3. The van der Waals surface area contributed by atoms with Crippen LogP contribution in [0.4, 0.5) is 0 Å². The molecule has 0 bridgehead atoms. The van der Waals surface area contributed by atoms with E-state index in [0.29, 0.717) is 5.41 Å². The van der Waals surface area contributed by atoms with Crippen LogP contribution in [0.3, 0.4) is 0 Å². The van der Waals surface area contributed by atoms with E-state index in [1.54, 1.807) is 0 Å². The summed E-state index contributed by atoms with van der Waals surface area (Å²) in [5.41, 5.74) is 0.695. The van der Waals surface area contributed by atoms with E-state index in [4.69, 9.17) is 0 Å². The summed E-state index contributed by atoms with van der Waals surface area (Å²) >= 11 is 0. The monoisotopic (exact) mass is 212 g/mol. The number of hydrogen-bond donors (Lipinski definition) is 0. The van der Waals surface area contributed by atoms with E-state index in [2.05, 4.69) is 30.6 Å². The summed E-state index contributed by atoms with van der Waals surface area (Å²) in [7, 11) is 0. The summed E-state index contributed by atoms with van der Waals surface area (Å²) < 4.78 is 0. The van der Waals surface area contributed by atoms with Crippen LogP contribution in [0.15, 0.2) is 0 Å². The molecule has 2 heteroatoms. The summed E-state index contributed by atoms with van der Waals surface area (Å²) in [5.74, 6) is 0. The number of likely N-dealkylation sites (tertiary alicyclic amines) is 2. The van der Waals surface area contributed by atoms with E-state index >= 15 is 0 Å². The normalized spacial score (nSPS) is 25.2. The number of nitrogens with zero attached hydrogens (tertiary/aromatic N) is 2. The first-order valence-electron chi connectivity index (χ1n) is 6.62. The van der Waals surface area contributed by atoms with E-state index in [0.717, 1.165) is 6.04 Å². The maximum absolute atomic E-state index is 2.63. The maximum atomic E-state index is 2.63. The Morgan fingerprint density at radius 1 is 1.13 bits per heavy atom. The highest BCUT2D eigenvalue weighted by Crippen LogP contribution is 2.39. The first-order chi connectivity index (χ1) is 7.15. The van der Waals surface area contributed by atoms with Gasteiger partial charge in [-0.15, -0.1) is 0 Å². The van der Waals surface area contributed by atoms with Crippen molar-refractivity contribution in [3.63, 3.8) is 0 Å². The lowest BCUT2D eigenvalue weighted by Crippen LogP contribution is -2.57. The fraction of sp³-hybridized carbons (Fsp3) is 1.00. The van der Waals surface area contributed by atoms with Crippen LogP contribution < -0.4 is 0 Å². The molecule has 0 aromatic rings. The highest BCUT2D eigenvalue weighted by molar-refractivity contribution is 5.01. The molecule has 90 valence electrons. The average Bonchev–Trinajstić information content (AvgIpc) is 2.63. The van der Waals surface area contributed by atoms with Gasteiger partial charge in [-0.2, -0.15) is 0 Å². The second-order valence-corrected chi connectivity index (χ2v) is 5.12. The average molecular weight is 212 g/mol. The minimum Gasteiger partial charge on any atom is -0.302 e. The molecule has 0 amide bonds. The molecule has 0 N–H and O–H groups in total. The Bertz CT molecular complexity index is 183. The highest BCUT2D eigenvalue weighted by atomic mass is 15.3. The third-order valence-electron chi connectivity index (χ3n) is 3.76. The van der Waals surface area contributed by atoms with Gasteiger partial charge in [0.05, 0.1) is 0 Å². The Labute approximate surface area is 95.6 Å². The molecule has 0 aromatic carbocycles. The maximum Gasteiger partial charge on any atom is 0.00970 e. The fourth-order valence-corrected chi connectivity index (χ4v) is 2.79. The van der Waals surface area contributed by atoms with E-state index in [1.807, 2.05) is 13.8 Å². The van der Waals surface area contributed by atoms with Crippen molar-refractivity contribution in [2.75, 3.05) is 32.7 Å². The van der Waals surface area contributed by atoms with Crippen molar-refractivity contribution < 1.29 is 0 Å². The van der Waals surface area contributed by atoms with Gasteiger partial charge in [0, 0.05) is 31.1 Å². The second kappa shape index (κ2) is 5.31. The number of rotatable bonds is 2. The molecule has 2 rings (SSSR count). The van der Waals surface area contributed by atoms with E-state index in [-0.39, 0.29) is 0 Å². The van der Waals surface area contributed by atoms with Crippen molar-refractivity contribution in [1.29, 1.82) is 0 Å². The topological polar surface area (TPSA) is 6.48 Å². The quantitative estimate of drug-likeness (QED) is 0.694. The van der Waals surface area contributed by atoms with Crippen LogP contribution in [0.25, 0.3) is 0 Å². The van der Waals surface area contributed by atoms with E-state index in [1.165, 1.54) is 39.1 Å². The van der Waals surface area contributed by atoms with Gasteiger partial charge >= 0.3 is 0 Å². The van der Waals surface area contributed by atoms with Gasteiger partial charge in [-0.3, -0.25) is 0 Å². The third-order valence-corrected chi connectivity index (χ3v) is 3.76. The fourth-order valence-electron chi connectivity index (χ4n) is 2.79. The minimum atomic E-state index is 0.695. The predicted octanol–water partition coefficient (Wildman–Crippen LogP) is 2.45. The Kier molecular flexibility index (Phi) is 4.60. The van der Waals surface area contributed by atoms with Crippen LogP contribution in [-0.2, 0) is 0 Å². The van der Waals surface area contributed by atoms with Crippen LogP contribution in [-0.4, -0.2) is 48.6 Å². The molecule has 0 unspecified atom stereocenters.